The van der Waals surface area contributed by atoms with Crippen LogP contribution < -0.4 is 5.73 Å². The number of hydrogen-bond acceptors (Lipinski definition) is 4. The summed E-state index contributed by atoms with van der Waals surface area (Å²) >= 11 is 5.22. The van der Waals surface area contributed by atoms with Crippen LogP contribution in [-0.4, -0.2) is 17.4 Å². The van der Waals surface area contributed by atoms with Gasteiger partial charge >= 0.3 is 0 Å². The van der Waals surface area contributed by atoms with Crippen molar-refractivity contribution in [2.24, 2.45) is 10.7 Å². The van der Waals surface area contributed by atoms with Gasteiger partial charge < -0.3 is 10.6 Å². The SMILES string of the molecule is NC1=NCC(c2ccc(Br)cc2)N1Cc1cccs1. The van der Waals surface area contributed by atoms with Crippen LogP contribution in [0.4, 0.5) is 0 Å². The van der Waals surface area contributed by atoms with Crippen molar-refractivity contribution in [2.45, 2.75) is 12.6 Å². The molecule has 98 valence electrons. The summed E-state index contributed by atoms with van der Waals surface area (Å²) in [5, 5.41) is 2.09. The molecule has 0 bridgehead atoms. The van der Waals surface area contributed by atoms with Gasteiger partial charge in [-0.2, -0.15) is 0 Å². The Labute approximate surface area is 124 Å². The highest BCUT2D eigenvalue weighted by Crippen LogP contribution is 2.29. The highest BCUT2D eigenvalue weighted by molar-refractivity contribution is 9.10. The highest BCUT2D eigenvalue weighted by atomic mass is 79.9. The van der Waals surface area contributed by atoms with E-state index in [1.54, 1.807) is 11.3 Å². The van der Waals surface area contributed by atoms with E-state index in [2.05, 4.69) is 67.6 Å². The Morgan fingerprint density at radius 1 is 1.32 bits per heavy atom. The zero-order valence-electron chi connectivity index (χ0n) is 10.3. The lowest BCUT2D eigenvalue weighted by molar-refractivity contribution is 0.343. The molecule has 19 heavy (non-hydrogen) atoms. The first-order chi connectivity index (χ1) is 9.24. The number of nitrogens with zero attached hydrogens (tertiary/aromatic N) is 2. The van der Waals surface area contributed by atoms with Crippen LogP contribution in [0, 0.1) is 0 Å². The first-order valence-corrected chi connectivity index (χ1v) is 7.76. The third-order valence-electron chi connectivity index (χ3n) is 3.26. The summed E-state index contributed by atoms with van der Waals surface area (Å²) in [7, 11) is 0. The molecule has 1 aromatic heterocycles. The molecule has 1 aromatic carbocycles. The van der Waals surface area contributed by atoms with E-state index in [4.69, 9.17) is 5.73 Å². The Kier molecular flexibility index (Phi) is 3.57. The summed E-state index contributed by atoms with van der Waals surface area (Å²) in [5.41, 5.74) is 7.28. The zero-order chi connectivity index (χ0) is 13.2. The first kappa shape index (κ1) is 12.7. The van der Waals surface area contributed by atoms with Gasteiger partial charge in [0.05, 0.1) is 19.1 Å². The van der Waals surface area contributed by atoms with Gasteiger partial charge in [-0.15, -0.1) is 11.3 Å². The lowest BCUT2D eigenvalue weighted by Crippen LogP contribution is -2.35. The van der Waals surface area contributed by atoms with E-state index in [0.29, 0.717) is 5.96 Å². The highest BCUT2D eigenvalue weighted by Gasteiger charge is 2.27. The van der Waals surface area contributed by atoms with Crippen molar-refractivity contribution in [3.05, 3.63) is 56.7 Å². The molecular weight excluding hydrogens is 322 g/mol. The van der Waals surface area contributed by atoms with E-state index in [9.17, 15) is 0 Å². The fraction of sp³-hybridized carbons (Fsp3) is 0.214. The van der Waals surface area contributed by atoms with Gasteiger partial charge in [-0.1, -0.05) is 34.1 Å². The fourth-order valence-corrected chi connectivity index (χ4v) is 3.23. The fourth-order valence-electron chi connectivity index (χ4n) is 2.26. The van der Waals surface area contributed by atoms with Gasteiger partial charge in [0.25, 0.3) is 0 Å². The summed E-state index contributed by atoms with van der Waals surface area (Å²) in [4.78, 5) is 7.87. The lowest BCUT2D eigenvalue weighted by atomic mass is 10.1. The topological polar surface area (TPSA) is 41.6 Å². The molecule has 0 radical (unpaired) electrons. The summed E-state index contributed by atoms with van der Waals surface area (Å²) in [5.74, 6) is 0.640. The number of benzene rings is 1. The maximum absolute atomic E-state index is 6.02. The maximum Gasteiger partial charge on any atom is 0.192 e. The molecule has 1 unspecified atom stereocenters. The van der Waals surface area contributed by atoms with Crippen LogP contribution in [-0.2, 0) is 6.54 Å². The molecule has 2 heterocycles. The molecule has 0 fully saturated rings. The molecule has 1 atom stereocenters. The molecular formula is C14H14BrN3S. The van der Waals surface area contributed by atoms with Crippen LogP contribution in [0.1, 0.15) is 16.5 Å². The van der Waals surface area contributed by atoms with Crippen molar-refractivity contribution >= 4 is 33.2 Å². The Bertz CT molecular complexity index is 577. The smallest absolute Gasteiger partial charge is 0.192 e. The molecule has 2 N–H and O–H groups in total. The van der Waals surface area contributed by atoms with Gasteiger partial charge in [0.1, 0.15) is 0 Å². The summed E-state index contributed by atoms with van der Waals surface area (Å²) in [6.45, 7) is 1.56. The molecule has 1 aliphatic rings. The average molecular weight is 336 g/mol. The average Bonchev–Trinajstić information content (AvgIpc) is 3.03. The van der Waals surface area contributed by atoms with Gasteiger partial charge in [-0.3, -0.25) is 4.99 Å². The van der Waals surface area contributed by atoms with Gasteiger partial charge in [0, 0.05) is 9.35 Å². The van der Waals surface area contributed by atoms with Crippen LogP contribution in [0.25, 0.3) is 0 Å². The molecule has 2 aromatic rings. The zero-order valence-corrected chi connectivity index (χ0v) is 12.7. The predicted molar refractivity (Wildman–Crippen MR) is 83.2 cm³/mol. The van der Waals surface area contributed by atoms with Crippen LogP contribution >= 0.6 is 27.3 Å². The van der Waals surface area contributed by atoms with Crippen LogP contribution in [0.15, 0.2) is 51.2 Å². The van der Waals surface area contributed by atoms with Crippen LogP contribution in [0.5, 0.6) is 0 Å². The summed E-state index contributed by atoms with van der Waals surface area (Å²) in [6.07, 6.45) is 0. The standard InChI is InChI=1S/C14H14BrN3S/c15-11-5-3-10(4-6-11)13-8-17-14(16)18(13)9-12-2-1-7-19-12/h1-7,13H,8-9H2,(H2,16,17). The van der Waals surface area contributed by atoms with Crippen molar-refractivity contribution in [1.29, 1.82) is 0 Å². The normalized spacial score (nSPS) is 18.7. The largest absolute Gasteiger partial charge is 0.370 e. The van der Waals surface area contributed by atoms with E-state index in [1.807, 2.05) is 0 Å². The van der Waals surface area contributed by atoms with Gasteiger partial charge in [-0.05, 0) is 29.1 Å². The van der Waals surface area contributed by atoms with E-state index in [1.165, 1.54) is 10.4 Å². The van der Waals surface area contributed by atoms with Gasteiger partial charge in [-0.25, -0.2) is 0 Å². The van der Waals surface area contributed by atoms with E-state index >= 15 is 0 Å². The molecule has 3 rings (SSSR count). The second-order valence-corrected chi connectivity index (χ2v) is 6.42. The summed E-state index contributed by atoms with van der Waals surface area (Å²) < 4.78 is 1.09. The van der Waals surface area contributed by atoms with Crippen molar-refractivity contribution in [2.75, 3.05) is 6.54 Å². The van der Waals surface area contributed by atoms with E-state index in [0.717, 1.165) is 17.6 Å². The lowest BCUT2D eigenvalue weighted by Gasteiger charge is -2.26. The molecule has 1 aliphatic heterocycles. The third kappa shape index (κ3) is 2.67. The molecule has 0 spiro atoms. The molecule has 0 amide bonds. The molecule has 0 aliphatic carbocycles. The molecule has 5 heteroatoms. The Morgan fingerprint density at radius 3 is 2.79 bits per heavy atom. The Hall–Kier alpha value is -1.33. The van der Waals surface area contributed by atoms with Crippen molar-refractivity contribution in [1.82, 2.24) is 4.90 Å². The van der Waals surface area contributed by atoms with Crippen molar-refractivity contribution < 1.29 is 0 Å². The minimum Gasteiger partial charge on any atom is -0.370 e. The van der Waals surface area contributed by atoms with Crippen molar-refractivity contribution in [3.63, 3.8) is 0 Å². The van der Waals surface area contributed by atoms with Gasteiger partial charge in [0.2, 0.25) is 0 Å². The second-order valence-electron chi connectivity index (χ2n) is 4.47. The monoisotopic (exact) mass is 335 g/mol. The molecule has 3 nitrogen and oxygen atoms in total. The number of thiophene rings is 1. The quantitative estimate of drug-likeness (QED) is 0.934. The number of aliphatic imine (C=N–C) groups is 1. The molecule has 0 saturated heterocycles. The predicted octanol–water partition coefficient (Wildman–Crippen LogP) is 3.38. The first-order valence-electron chi connectivity index (χ1n) is 6.08. The minimum atomic E-state index is 0.246. The number of guanidine groups is 1. The number of rotatable bonds is 3. The van der Waals surface area contributed by atoms with E-state index < -0.39 is 0 Å². The maximum atomic E-state index is 6.02. The number of hydrogen-bond donors (Lipinski definition) is 1. The van der Waals surface area contributed by atoms with Crippen LogP contribution in [0.2, 0.25) is 0 Å². The second kappa shape index (κ2) is 5.35. The third-order valence-corrected chi connectivity index (χ3v) is 4.65. The number of nitrogens with two attached hydrogens (primary N) is 1. The van der Waals surface area contributed by atoms with E-state index in [-0.39, 0.29) is 6.04 Å². The Morgan fingerprint density at radius 2 is 2.11 bits per heavy atom. The van der Waals surface area contributed by atoms with Crippen molar-refractivity contribution in [3.8, 4) is 0 Å². The number of halogens is 1. The molecule has 0 saturated carbocycles. The van der Waals surface area contributed by atoms with Gasteiger partial charge in [0.15, 0.2) is 5.96 Å². The summed E-state index contributed by atoms with van der Waals surface area (Å²) in [6, 6.07) is 12.8. The minimum absolute atomic E-state index is 0.246. The van der Waals surface area contributed by atoms with Crippen LogP contribution in [0.3, 0.4) is 0 Å². The Balaban J connectivity index is 1.83.